The van der Waals surface area contributed by atoms with E-state index in [2.05, 4.69) is 81.5 Å². The fourth-order valence-corrected chi connectivity index (χ4v) is 5.04. The van der Waals surface area contributed by atoms with Crippen molar-refractivity contribution in [3.63, 3.8) is 0 Å². The first-order valence-corrected chi connectivity index (χ1v) is 17.0. The second kappa shape index (κ2) is 32.1. The molecule has 0 aromatic heterocycles. The lowest BCUT2D eigenvalue weighted by Gasteiger charge is -2.24. The third-order valence-corrected chi connectivity index (χ3v) is 7.71. The molecule has 0 N–H and O–H groups in total. The van der Waals surface area contributed by atoms with Crippen molar-refractivity contribution in [2.75, 3.05) is 14.1 Å². The molecule has 0 atom stereocenters. The fraction of sp³-hybridized carbons (Fsp3) is 0.784. The Morgan fingerprint density at radius 2 is 0.711 bits per heavy atom. The van der Waals surface area contributed by atoms with Crippen molar-refractivity contribution in [2.45, 2.75) is 174 Å². The summed E-state index contributed by atoms with van der Waals surface area (Å²) in [5.41, 5.74) is 0. The molecule has 0 amide bonds. The molecule has 0 bridgehead atoms. The smallest absolute Gasteiger partial charge is 0.00891 e. The van der Waals surface area contributed by atoms with Crippen LogP contribution in [0.2, 0.25) is 0 Å². The summed E-state index contributed by atoms with van der Waals surface area (Å²) in [5, 5.41) is 0. The van der Waals surface area contributed by atoms with Crippen LogP contribution in [0.4, 0.5) is 0 Å². The number of allylic oxidation sites excluding steroid dienone is 8. The summed E-state index contributed by atoms with van der Waals surface area (Å²) in [4.78, 5) is 2.48. The molecular formula is C37H69N. The highest BCUT2D eigenvalue weighted by Crippen LogP contribution is 2.17. The summed E-state index contributed by atoms with van der Waals surface area (Å²) in [6.45, 7) is 4.54. The van der Waals surface area contributed by atoms with Crippen molar-refractivity contribution < 1.29 is 0 Å². The Bertz CT molecular complexity index is 507. The van der Waals surface area contributed by atoms with Gasteiger partial charge in [0.25, 0.3) is 0 Å². The quantitative estimate of drug-likeness (QED) is 0.0690. The molecule has 0 aromatic rings. The van der Waals surface area contributed by atoms with Gasteiger partial charge in [-0.25, -0.2) is 0 Å². The van der Waals surface area contributed by atoms with Crippen LogP contribution in [-0.4, -0.2) is 25.0 Å². The molecular weight excluding hydrogens is 458 g/mol. The van der Waals surface area contributed by atoms with E-state index in [1.165, 1.54) is 141 Å². The first-order valence-electron chi connectivity index (χ1n) is 17.0. The van der Waals surface area contributed by atoms with Gasteiger partial charge < -0.3 is 4.90 Å². The number of unbranched alkanes of at least 4 members (excludes halogenated alkanes) is 16. The third-order valence-electron chi connectivity index (χ3n) is 7.71. The highest BCUT2D eigenvalue weighted by Gasteiger charge is 2.10. The Kier molecular flexibility index (Phi) is 31.2. The monoisotopic (exact) mass is 528 g/mol. The molecule has 0 aliphatic carbocycles. The highest BCUT2D eigenvalue weighted by atomic mass is 15.1. The van der Waals surface area contributed by atoms with E-state index in [9.17, 15) is 0 Å². The summed E-state index contributed by atoms with van der Waals surface area (Å²) < 4.78 is 0. The summed E-state index contributed by atoms with van der Waals surface area (Å²) in [6.07, 6.45) is 51.0. The summed E-state index contributed by atoms with van der Waals surface area (Å²) in [5.74, 6) is 0. The van der Waals surface area contributed by atoms with Crippen LogP contribution in [0.25, 0.3) is 0 Å². The number of rotatable bonds is 29. The summed E-state index contributed by atoms with van der Waals surface area (Å²) >= 11 is 0. The fourth-order valence-electron chi connectivity index (χ4n) is 5.04. The van der Waals surface area contributed by atoms with Crippen LogP contribution in [0.3, 0.4) is 0 Å². The molecule has 222 valence electrons. The zero-order chi connectivity index (χ0) is 27.8. The van der Waals surface area contributed by atoms with Gasteiger partial charge in [0.15, 0.2) is 0 Å². The number of nitrogens with zero attached hydrogens (tertiary/aromatic N) is 1. The molecule has 0 aliphatic rings. The minimum absolute atomic E-state index is 0.783. The average molecular weight is 528 g/mol. The number of hydrogen-bond acceptors (Lipinski definition) is 1. The standard InChI is InChI=1S/C37H69N/c1-5-7-9-11-13-15-17-19-21-23-25-27-29-31-33-35-37(38(3)4)36-34-32-30-28-26-24-22-20-18-16-14-12-10-8-6-2/h13-16,19-22,37H,5-12,17-18,23-36H2,1-4H3/b15-13-,16-14-,21-19-,22-20-. The van der Waals surface area contributed by atoms with E-state index in [-0.39, 0.29) is 0 Å². The van der Waals surface area contributed by atoms with Crippen LogP contribution in [-0.2, 0) is 0 Å². The molecule has 0 spiro atoms. The van der Waals surface area contributed by atoms with E-state index in [0.29, 0.717) is 0 Å². The molecule has 0 aliphatic heterocycles. The van der Waals surface area contributed by atoms with Crippen molar-refractivity contribution in [3.8, 4) is 0 Å². The maximum absolute atomic E-state index is 2.48. The SMILES string of the molecule is CCCCC/C=C\C/C=C\CCCCCCCC(CCCCCCC/C=C\C/C=C\CCCCC)N(C)C. The van der Waals surface area contributed by atoms with Gasteiger partial charge in [-0.2, -0.15) is 0 Å². The molecule has 0 unspecified atom stereocenters. The zero-order valence-electron chi connectivity index (χ0n) is 26.6. The second-order valence-electron chi connectivity index (χ2n) is 11.7. The molecule has 0 saturated heterocycles. The van der Waals surface area contributed by atoms with Gasteiger partial charge in [-0.15, -0.1) is 0 Å². The average Bonchev–Trinajstić information content (AvgIpc) is 2.91. The van der Waals surface area contributed by atoms with Crippen LogP contribution in [0.15, 0.2) is 48.6 Å². The second-order valence-corrected chi connectivity index (χ2v) is 11.7. The van der Waals surface area contributed by atoms with Gasteiger partial charge in [0.1, 0.15) is 0 Å². The molecule has 0 heterocycles. The lowest BCUT2D eigenvalue weighted by atomic mass is 9.99. The summed E-state index contributed by atoms with van der Waals surface area (Å²) in [6, 6.07) is 0.783. The topological polar surface area (TPSA) is 3.24 Å². The van der Waals surface area contributed by atoms with Gasteiger partial charge in [0.2, 0.25) is 0 Å². The van der Waals surface area contributed by atoms with Crippen molar-refractivity contribution >= 4 is 0 Å². The maximum atomic E-state index is 2.48. The minimum Gasteiger partial charge on any atom is -0.306 e. The Hall–Kier alpha value is -1.08. The normalized spacial score (nSPS) is 12.7. The number of hydrogen-bond donors (Lipinski definition) is 0. The van der Waals surface area contributed by atoms with Crippen molar-refractivity contribution in [2.24, 2.45) is 0 Å². The first-order chi connectivity index (χ1) is 18.7. The van der Waals surface area contributed by atoms with Crippen molar-refractivity contribution in [3.05, 3.63) is 48.6 Å². The van der Waals surface area contributed by atoms with Gasteiger partial charge >= 0.3 is 0 Å². The third kappa shape index (κ3) is 29.5. The predicted molar refractivity (Wildman–Crippen MR) is 176 cm³/mol. The van der Waals surface area contributed by atoms with E-state index >= 15 is 0 Å². The minimum atomic E-state index is 0.783. The largest absolute Gasteiger partial charge is 0.306 e. The zero-order valence-corrected chi connectivity index (χ0v) is 26.6. The molecule has 0 saturated carbocycles. The Morgan fingerprint density at radius 1 is 0.395 bits per heavy atom. The van der Waals surface area contributed by atoms with Crippen LogP contribution >= 0.6 is 0 Å². The first kappa shape index (κ1) is 36.9. The lowest BCUT2D eigenvalue weighted by molar-refractivity contribution is 0.251. The van der Waals surface area contributed by atoms with Gasteiger partial charge in [-0.05, 0) is 91.1 Å². The van der Waals surface area contributed by atoms with Crippen LogP contribution in [0.5, 0.6) is 0 Å². The molecule has 38 heavy (non-hydrogen) atoms. The molecule has 0 fully saturated rings. The predicted octanol–water partition coefficient (Wildman–Crippen LogP) is 12.5. The van der Waals surface area contributed by atoms with Gasteiger partial charge in [-0.1, -0.05) is 140 Å². The molecule has 0 radical (unpaired) electrons. The molecule has 1 nitrogen and oxygen atoms in total. The molecule has 0 rings (SSSR count). The van der Waals surface area contributed by atoms with E-state index in [4.69, 9.17) is 0 Å². The highest BCUT2D eigenvalue weighted by molar-refractivity contribution is 4.93. The van der Waals surface area contributed by atoms with Gasteiger partial charge in [0, 0.05) is 6.04 Å². The Labute approximate surface area is 241 Å². The van der Waals surface area contributed by atoms with Crippen molar-refractivity contribution in [1.82, 2.24) is 4.90 Å². The summed E-state index contributed by atoms with van der Waals surface area (Å²) in [7, 11) is 4.56. The Balaban J connectivity index is 3.56. The van der Waals surface area contributed by atoms with Crippen LogP contribution in [0.1, 0.15) is 168 Å². The lowest BCUT2D eigenvalue weighted by Crippen LogP contribution is -2.27. The van der Waals surface area contributed by atoms with E-state index in [1.54, 1.807) is 0 Å². The van der Waals surface area contributed by atoms with Gasteiger partial charge in [-0.3, -0.25) is 0 Å². The maximum Gasteiger partial charge on any atom is 0.00891 e. The van der Waals surface area contributed by atoms with Gasteiger partial charge in [0.05, 0.1) is 0 Å². The molecule has 0 aromatic carbocycles. The van der Waals surface area contributed by atoms with E-state index in [0.717, 1.165) is 18.9 Å². The molecule has 1 heteroatoms. The van der Waals surface area contributed by atoms with E-state index in [1.807, 2.05) is 0 Å². The Morgan fingerprint density at radius 3 is 1.05 bits per heavy atom. The van der Waals surface area contributed by atoms with Crippen LogP contribution < -0.4 is 0 Å². The van der Waals surface area contributed by atoms with E-state index < -0.39 is 0 Å². The van der Waals surface area contributed by atoms with Crippen molar-refractivity contribution in [1.29, 1.82) is 0 Å². The van der Waals surface area contributed by atoms with Crippen LogP contribution in [0, 0.1) is 0 Å².